The number of hydrogen-bond donors (Lipinski definition) is 2. The molecule has 12 heteroatoms. The average molecular weight is 634 g/mol. The number of phenolic OH excluding ortho intramolecular Hbond substituents is 2. The zero-order valence-corrected chi connectivity index (χ0v) is 23.5. The Balaban J connectivity index is 1.33. The lowest BCUT2D eigenvalue weighted by atomic mass is 9.91. The number of thiazole rings is 1. The highest BCUT2D eigenvalue weighted by Crippen LogP contribution is 2.49. The van der Waals surface area contributed by atoms with Crippen LogP contribution in [0.4, 0.5) is 27.9 Å². The van der Waals surface area contributed by atoms with Crippen LogP contribution in [0.15, 0.2) is 110 Å². The fourth-order valence-electron chi connectivity index (χ4n) is 4.27. The molecule has 4 aromatic carbocycles. The molecule has 198 valence electrons. The second-order valence-corrected chi connectivity index (χ2v) is 11.2. The third kappa shape index (κ3) is 5.06. The first-order valence-corrected chi connectivity index (χ1v) is 14.0. The SMILES string of the molecule is O=C1C(Cl)C(c2cc(N=Nc3nc4ccccc4s3)ccc2O)N1c1cc(O)ccc1N=Nc1ccc(Br)cc1. The van der Waals surface area contributed by atoms with Crippen LogP contribution in [0.2, 0.25) is 0 Å². The summed E-state index contributed by atoms with van der Waals surface area (Å²) in [5.41, 5.74) is 2.90. The van der Waals surface area contributed by atoms with Gasteiger partial charge in [-0.15, -0.1) is 26.9 Å². The first-order valence-electron chi connectivity index (χ1n) is 11.9. The molecule has 0 saturated carbocycles. The molecule has 1 amide bonds. The Labute approximate surface area is 245 Å². The molecule has 1 aliphatic rings. The molecule has 1 saturated heterocycles. The van der Waals surface area contributed by atoms with Crippen molar-refractivity contribution >= 4 is 82.9 Å². The van der Waals surface area contributed by atoms with Gasteiger partial charge in [0.05, 0.1) is 33.3 Å². The molecule has 5 aromatic rings. The van der Waals surface area contributed by atoms with E-state index in [9.17, 15) is 15.0 Å². The summed E-state index contributed by atoms with van der Waals surface area (Å²) >= 11 is 11.3. The van der Waals surface area contributed by atoms with E-state index in [1.54, 1.807) is 30.3 Å². The molecule has 0 bridgehead atoms. The van der Waals surface area contributed by atoms with E-state index in [2.05, 4.69) is 41.4 Å². The Hall–Kier alpha value is -4.19. The monoisotopic (exact) mass is 632 g/mol. The minimum atomic E-state index is -0.957. The number of aromatic nitrogens is 1. The summed E-state index contributed by atoms with van der Waals surface area (Å²) in [5.74, 6) is -0.534. The third-order valence-electron chi connectivity index (χ3n) is 6.21. The van der Waals surface area contributed by atoms with Crippen molar-refractivity contribution in [3.8, 4) is 11.5 Å². The Morgan fingerprint density at radius 3 is 2.42 bits per heavy atom. The molecule has 2 unspecified atom stereocenters. The van der Waals surface area contributed by atoms with Crippen LogP contribution < -0.4 is 4.90 Å². The summed E-state index contributed by atoms with van der Waals surface area (Å²) in [7, 11) is 0. The number of fused-ring (bicyclic) bond motifs is 1. The Kier molecular flexibility index (Phi) is 7.01. The number of halogens is 2. The van der Waals surface area contributed by atoms with Gasteiger partial charge in [-0.05, 0) is 66.7 Å². The van der Waals surface area contributed by atoms with Crippen molar-refractivity contribution < 1.29 is 15.0 Å². The Morgan fingerprint density at radius 1 is 0.875 bits per heavy atom. The Bertz CT molecular complexity index is 1780. The minimum absolute atomic E-state index is 0.0646. The number of benzene rings is 4. The maximum atomic E-state index is 13.0. The van der Waals surface area contributed by atoms with Crippen molar-refractivity contribution in [2.75, 3.05) is 4.90 Å². The molecular weight excluding hydrogens is 616 g/mol. The van der Waals surface area contributed by atoms with Gasteiger partial charge in [-0.1, -0.05) is 39.4 Å². The van der Waals surface area contributed by atoms with Crippen molar-refractivity contribution in [2.24, 2.45) is 20.5 Å². The predicted molar refractivity (Wildman–Crippen MR) is 158 cm³/mol. The molecule has 0 aliphatic carbocycles. The standard InChI is InChI=1S/C28H18BrClN6O3S/c29-15-5-7-16(8-6-15)32-34-20-11-10-18(37)14-22(20)36-26(25(30)27(36)39)19-13-17(9-12-23(19)38)33-35-28-31-21-3-1-2-4-24(21)40-28/h1-14,25-26,37-38H. The van der Waals surface area contributed by atoms with E-state index in [0.29, 0.717) is 33.4 Å². The van der Waals surface area contributed by atoms with Gasteiger partial charge in [0.15, 0.2) is 0 Å². The number of hydrogen-bond acceptors (Lipinski definition) is 9. The largest absolute Gasteiger partial charge is 0.508 e. The van der Waals surface area contributed by atoms with Gasteiger partial charge >= 0.3 is 0 Å². The number of azo groups is 2. The van der Waals surface area contributed by atoms with E-state index >= 15 is 0 Å². The van der Waals surface area contributed by atoms with Crippen molar-refractivity contribution in [1.29, 1.82) is 0 Å². The number of rotatable bonds is 6. The van der Waals surface area contributed by atoms with Gasteiger partial charge in [0.1, 0.15) is 22.6 Å². The number of nitrogens with zero attached hydrogens (tertiary/aromatic N) is 6. The van der Waals surface area contributed by atoms with Gasteiger partial charge < -0.3 is 10.2 Å². The van der Waals surface area contributed by atoms with Gasteiger partial charge in [-0.2, -0.15) is 5.11 Å². The van der Waals surface area contributed by atoms with E-state index in [1.807, 2.05) is 36.4 Å². The van der Waals surface area contributed by atoms with Crippen molar-refractivity contribution in [1.82, 2.24) is 4.98 Å². The van der Waals surface area contributed by atoms with Crippen LogP contribution in [0.3, 0.4) is 0 Å². The van der Waals surface area contributed by atoms with Crippen LogP contribution in [-0.4, -0.2) is 26.5 Å². The highest BCUT2D eigenvalue weighted by Gasteiger charge is 2.50. The first-order chi connectivity index (χ1) is 19.4. The molecule has 0 radical (unpaired) electrons. The summed E-state index contributed by atoms with van der Waals surface area (Å²) in [6, 6.07) is 23.3. The van der Waals surface area contributed by atoms with E-state index in [0.717, 1.165) is 14.7 Å². The number of phenols is 2. The van der Waals surface area contributed by atoms with Gasteiger partial charge in [0.25, 0.3) is 0 Å². The average Bonchev–Trinajstić information content (AvgIpc) is 3.38. The molecule has 9 nitrogen and oxygen atoms in total. The predicted octanol–water partition coefficient (Wildman–Crippen LogP) is 9.00. The number of carbonyl (C=O) groups excluding carboxylic acids is 1. The number of β-lactam (4-membered cyclic amide) rings is 1. The summed E-state index contributed by atoms with van der Waals surface area (Å²) < 4.78 is 1.90. The normalized spacial score (nSPS) is 17.2. The van der Waals surface area contributed by atoms with Crippen LogP contribution >= 0.6 is 38.9 Å². The molecule has 2 atom stereocenters. The summed E-state index contributed by atoms with van der Waals surface area (Å²) in [6.07, 6.45) is 0. The van der Waals surface area contributed by atoms with E-state index in [4.69, 9.17) is 11.6 Å². The second kappa shape index (κ2) is 10.8. The van der Waals surface area contributed by atoms with Crippen LogP contribution in [0, 0.1) is 0 Å². The highest BCUT2D eigenvalue weighted by atomic mass is 79.9. The van der Waals surface area contributed by atoms with Gasteiger partial charge in [0.2, 0.25) is 11.0 Å². The lowest BCUT2D eigenvalue weighted by molar-refractivity contribution is -0.123. The number of amides is 1. The van der Waals surface area contributed by atoms with Crippen LogP contribution in [0.5, 0.6) is 11.5 Å². The molecule has 1 aliphatic heterocycles. The smallest absolute Gasteiger partial charge is 0.248 e. The number of aromatic hydroxyl groups is 2. The molecule has 2 N–H and O–H groups in total. The molecule has 0 spiro atoms. The molecule has 1 fully saturated rings. The lowest BCUT2D eigenvalue weighted by Crippen LogP contribution is -2.56. The molecule has 40 heavy (non-hydrogen) atoms. The molecule has 6 rings (SSSR count). The first kappa shape index (κ1) is 26.1. The molecule has 1 aromatic heterocycles. The van der Waals surface area contributed by atoms with Crippen LogP contribution in [-0.2, 0) is 4.79 Å². The Morgan fingerprint density at radius 2 is 1.62 bits per heavy atom. The van der Waals surface area contributed by atoms with Gasteiger partial charge in [-0.3, -0.25) is 9.69 Å². The van der Waals surface area contributed by atoms with E-state index in [1.165, 1.54) is 34.4 Å². The summed E-state index contributed by atoms with van der Waals surface area (Å²) in [4.78, 5) is 18.9. The molecule has 2 heterocycles. The van der Waals surface area contributed by atoms with E-state index in [-0.39, 0.29) is 11.5 Å². The maximum absolute atomic E-state index is 13.0. The summed E-state index contributed by atoms with van der Waals surface area (Å²) in [6.45, 7) is 0. The second-order valence-electron chi connectivity index (χ2n) is 8.81. The van der Waals surface area contributed by atoms with Crippen LogP contribution in [0.25, 0.3) is 10.2 Å². The highest BCUT2D eigenvalue weighted by molar-refractivity contribution is 9.10. The van der Waals surface area contributed by atoms with Crippen LogP contribution in [0.1, 0.15) is 11.6 Å². The minimum Gasteiger partial charge on any atom is -0.508 e. The van der Waals surface area contributed by atoms with Crippen molar-refractivity contribution in [3.63, 3.8) is 0 Å². The van der Waals surface area contributed by atoms with Crippen molar-refractivity contribution in [2.45, 2.75) is 11.4 Å². The number of anilines is 1. The lowest BCUT2D eigenvalue weighted by Gasteiger charge is -2.44. The van der Waals surface area contributed by atoms with Gasteiger partial charge in [-0.25, -0.2) is 4.98 Å². The third-order valence-corrected chi connectivity index (χ3v) is 8.09. The quantitative estimate of drug-likeness (QED) is 0.110. The van der Waals surface area contributed by atoms with Crippen molar-refractivity contribution in [3.05, 3.63) is 95.0 Å². The van der Waals surface area contributed by atoms with Gasteiger partial charge in [0, 0.05) is 16.1 Å². The summed E-state index contributed by atoms with van der Waals surface area (Å²) in [5, 5.41) is 37.6. The number of para-hydroxylation sites is 1. The topological polar surface area (TPSA) is 123 Å². The number of alkyl halides is 1. The maximum Gasteiger partial charge on any atom is 0.248 e. The zero-order valence-electron chi connectivity index (χ0n) is 20.4. The number of carbonyl (C=O) groups is 1. The molecular formula is C28H18BrClN6O3S. The fraction of sp³-hybridized carbons (Fsp3) is 0.0714. The fourth-order valence-corrected chi connectivity index (χ4v) is 5.68. The van der Waals surface area contributed by atoms with E-state index < -0.39 is 17.3 Å². The zero-order chi connectivity index (χ0) is 27.8.